The predicted molar refractivity (Wildman–Crippen MR) is 37.2 cm³/mol. The van der Waals surface area contributed by atoms with Crippen molar-refractivity contribution in [3.63, 3.8) is 0 Å². The van der Waals surface area contributed by atoms with Gasteiger partial charge in [0, 0.05) is 6.54 Å². The van der Waals surface area contributed by atoms with Gasteiger partial charge in [0.15, 0.2) is 0 Å². The normalized spacial score (nSPS) is 49.2. The molecule has 1 aliphatic rings. The number of hydrogen-bond acceptors (Lipinski definition) is 4. The van der Waals surface area contributed by atoms with Crippen molar-refractivity contribution >= 4 is 0 Å². The highest BCUT2D eigenvalue weighted by molar-refractivity contribution is 4.86. The third-order valence-electron chi connectivity index (χ3n) is 1.98. The highest BCUT2D eigenvalue weighted by Gasteiger charge is 2.32. The second kappa shape index (κ2) is 2.84. The molecule has 2 unspecified atom stereocenters. The van der Waals surface area contributed by atoms with Crippen LogP contribution in [-0.4, -0.2) is 35.1 Å². The Morgan fingerprint density at radius 1 is 1.40 bits per heavy atom. The SMILES string of the molecule is C[C@@H]1CN[C@@H](N)C(O)C1O. The van der Waals surface area contributed by atoms with Crippen molar-refractivity contribution in [2.75, 3.05) is 6.54 Å². The average molecular weight is 146 g/mol. The molecule has 0 amide bonds. The summed E-state index contributed by atoms with van der Waals surface area (Å²) in [6, 6.07) is 0. The first-order chi connectivity index (χ1) is 4.63. The van der Waals surface area contributed by atoms with E-state index in [1.165, 1.54) is 0 Å². The molecule has 10 heavy (non-hydrogen) atoms. The molecule has 4 atom stereocenters. The molecule has 1 saturated heterocycles. The van der Waals surface area contributed by atoms with Gasteiger partial charge in [0.05, 0.1) is 12.3 Å². The first-order valence-electron chi connectivity index (χ1n) is 3.48. The van der Waals surface area contributed by atoms with Crippen LogP contribution in [0, 0.1) is 5.92 Å². The summed E-state index contributed by atoms with van der Waals surface area (Å²) in [6.45, 7) is 2.53. The van der Waals surface area contributed by atoms with Crippen molar-refractivity contribution in [3.8, 4) is 0 Å². The third kappa shape index (κ3) is 1.29. The lowest BCUT2D eigenvalue weighted by atomic mass is 9.94. The van der Waals surface area contributed by atoms with Crippen LogP contribution < -0.4 is 11.1 Å². The first kappa shape index (κ1) is 7.94. The van der Waals surface area contributed by atoms with E-state index < -0.39 is 18.4 Å². The quantitative estimate of drug-likeness (QED) is 0.326. The molecule has 0 aromatic heterocycles. The minimum atomic E-state index is -0.830. The van der Waals surface area contributed by atoms with Gasteiger partial charge >= 0.3 is 0 Å². The maximum Gasteiger partial charge on any atom is 0.108 e. The number of nitrogens with two attached hydrogens (primary N) is 1. The van der Waals surface area contributed by atoms with E-state index in [2.05, 4.69) is 5.32 Å². The monoisotopic (exact) mass is 146 g/mol. The van der Waals surface area contributed by atoms with Crippen molar-refractivity contribution in [1.29, 1.82) is 0 Å². The highest BCUT2D eigenvalue weighted by Crippen LogP contribution is 2.12. The van der Waals surface area contributed by atoms with Gasteiger partial charge in [0.1, 0.15) is 6.10 Å². The third-order valence-corrected chi connectivity index (χ3v) is 1.98. The van der Waals surface area contributed by atoms with Gasteiger partial charge in [-0.25, -0.2) is 0 Å². The molecule has 0 radical (unpaired) electrons. The Labute approximate surface area is 60.0 Å². The van der Waals surface area contributed by atoms with E-state index in [1.54, 1.807) is 0 Å². The van der Waals surface area contributed by atoms with E-state index in [0.29, 0.717) is 6.54 Å². The fourth-order valence-electron chi connectivity index (χ4n) is 1.11. The Balaban J connectivity index is 2.52. The van der Waals surface area contributed by atoms with Crippen LogP contribution in [0.2, 0.25) is 0 Å². The zero-order valence-electron chi connectivity index (χ0n) is 5.99. The van der Waals surface area contributed by atoms with Gasteiger partial charge in [-0.3, -0.25) is 5.32 Å². The van der Waals surface area contributed by atoms with E-state index in [-0.39, 0.29) is 5.92 Å². The van der Waals surface area contributed by atoms with E-state index in [0.717, 1.165) is 0 Å². The molecule has 1 aliphatic heterocycles. The van der Waals surface area contributed by atoms with Crippen LogP contribution in [0.4, 0.5) is 0 Å². The molecule has 0 aliphatic carbocycles. The van der Waals surface area contributed by atoms with Crippen LogP contribution in [0.3, 0.4) is 0 Å². The molecular formula is C6H14N2O2. The van der Waals surface area contributed by atoms with Crippen LogP contribution in [0.1, 0.15) is 6.92 Å². The average Bonchev–Trinajstić information content (AvgIpc) is 1.93. The van der Waals surface area contributed by atoms with Gasteiger partial charge in [0.25, 0.3) is 0 Å². The van der Waals surface area contributed by atoms with Crippen molar-refractivity contribution < 1.29 is 10.2 Å². The molecule has 0 aromatic carbocycles. The van der Waals surface area contributed by atoms with Crippen LogP contribution in [-0.2, 0) is 0 Å². The maximum atomic E-state index is 9.25. The molecule has 4 nitrogen and oxygen atoms in total. The molecule has 1 fully saturated rings. The predicted octanol–water partition coefficient (Wildman–Crippen LogP) is -1.77. The fourth-order valence-corrected chi connectivity index (χ4v) is 1.11. The number of aliphatic hydroxyl groups excluding tert-OH is 2. The first-order valence-corrected chi connectivity index (χ1v) is 3.48. The Morgan fingerprint density at radius 3 is 2.50 bits per heavy atom. The van der Waals surface area contributed by atoms with Crippen LogP contribution >= 0.6 is 0 Å². The molecule has 1 rings (SSSR count). The summed E-state index contributed by atoms with van der Waals surface area (Å²) in [5, 5.41) is 21.3. The van der Waals surface area contributed by atoms with Gasteiger partial charge < -0.3 is 15.9 Å². The zero-order valence-corrected chi connectivity index (χ0v) is 5.99. The molecule has 0 spiro atoms. The lowest BCUT2D eigenvalue weighted by Gasteiger charge is -2.34. The van der Waals surface area contributed by atoms with Crippen molar-refractivity contribution in [1.82, 2.24) is 5.32 Å². The fraction of sp³-hybridized carbons (Fsp3) is 1.00. The summed E-state index contributed by atoms with van der Waals surface area (Å²) >= 11 is 0. The molecule has 5 N–H and O–H groups in total. The smallest absolute Gasteiger partial charge is 0.108 e. The van der Waals surface area contributed by atoms with Crippen LogP contribution in [0.5, 0.6) is 0 Å². The van der Waals surface area contributed by atoms with Gasteiger partial charge in [-0.05, 0) is 5.92 Å². The van der Waals surface area contributed by atoms with E-state index in [9.17, 15) is 10.2 Å². The molecular weight excluding hydrogens is 132 g/mol. The van der Waals surface area contributed by atoms with E-state index in [4.69, 9.17) is 5.73 Å². The van der Waals surface area contributed by atoms with E-state index >= 15 is 0 Å². The Morgan fingerprint density at radius 2 is 2.00 bits per heavy atom. The lowest BCUT2D eigenvalue weighted by molar-refractivity contribution is -0.0527. The van der Waals surface area contributed by atoms with Gasteiger partial charge in [0.2, 0.25) is 0 Å². The topological polar surface area (TPSA) is 78.5 Å². The van der Waals surface area contributed by atoms with Crippen molar-refractivity contribution in [2.24, 2.45) is 11.7 Å². The van der Waals surface area contributed by atoms with Gasteiger partial charge in [-0.2, -0.15) is 0 Å². The molecule has 1 heterocycles. The van der Waals surface area contributed by atoms with E-state index in [1.807, 2.05) is 6.92 Å². The molecule has 0 saturated carbocycles. The summed E-state index contributed by atoms with van der Waals surface area (Å²) in [4.78, 5) is 0. The Kier molecular flexibility index (Phi) is 2.25. The summed E-state index contributed by atoms with van der Waals surface area (Å²) in [7, 11) is 0. The van der Waals surface area contributed by atoms with Crippen molar-refractivity contribution in [3.05, 3.63) is 0 Å². The Bertz CT molecular complexity index is 106. The number of nitrogens with one attached hydrogen (secondary N) is 1. The largest absolute Gasteiger partial charge is 0.390 e. The lowest BCUT2D eigenvalue weighted by Crippen LogP contribution is -2.60. The van der Waals surface area contributed by atoms with Crippen LogP contribution in [0.15, 0.2) is 0 Å². The summed E-state index contributed by atoms with van der Waals surface area (Å²) < 4.78 is 0. The summed E-state index contributed by atoms with van der Waals surface area (Å²) in [6.07, 6.45) is -1.99. The number of aliphatic hydroxyl groups is 2. The summed E-state index contributed by atoms with van der Waals surface area (Å²) in [5.41, 5.74) is 5.41. The maximum absolute atomic E-state index is 9.25. The number of piperidine rings is 1. The highest BCUT2D eigenvalue weighted by atomic mass is 16.3. The molecule has 60 valence electrons. The zero-order chi connectivity index (χ0) is 7.72. The molecule has 4 heteroatoms. The summed E-state index contributed by atoms with van der Waals surface area (Å²) in [5.74, 6) is 0.0785. The van der Waals surface area contributed by atoms with Gasteiger partial charge in [-0.15, -0.1) is 0 Å². The minimum absolute atomic E-state index is 0.0785. The Hall–Kier alpha value is -0.160. The van der Waals surface area contributed by atoms with Crippen LogP contribution in [0.25, 0.3) is 0 Å². The number of hydrogen-bond donors (Lipinski definition) is 4. The number of rotatable bonds is 0. The molecule has 0 aromatic rings. The second-order valence-electron chi connectivity index (χ2n) is 2.89. The standard InChI is InChI=1S/C6H14N2O2/c1-3-2-8-6(7)5(10)4(3)9/h3-6,8-10H,2,7H2,1H3/t3-,4?,5?,6-/m1/s1. The second-order valence-corrected chi connectivity index (χ2v) is 2.89. The molecule has 0 bridgehead atoms. The minimum Gasteiger partial charge on any atom is -0.390 e. The van der Waals surface area contributed by atoms with Crippen molar-refractivity contribution in [2.45, 2.75) is 25.3 Å². The van der Waals surface area contributed by atoms with Gasteiger partial charge in [-0.1, -0.05) is 6.92 Å².